The van der Waals surface area contributed by atoms with Gasteiger partial charge in [0.1, 0.15) is 0 Å². The Morgan fingerprint density at radius 2 is 1.71 bits per heavy atom. The van der Waals surface area contributed by atoms with Crippen LogP contribution in [-0.4, -0.2) is 13.1 Å². The van der Waals surface area contributed by atoms with E-state index < -0.39 is 4.32 Å². The molecule has 0 aliphatic carbocycles. The van der Waals surface area contributed by atoms with Gasteiger partial charge in [0.15, 0.2) is 4.32 Å². The first-order valence-electron chi connectivity index (χ1n) is 6.58. The van der Waals surface area contributed by atoms with E-state index in [0.717, 1.165) is 11.1 Å². The fourth-order valence-corrected chi connectivity index (χ4v) is 3.17. The number of hydrogen-bond donors (Lipinski definition) is 0. The maximum absolute atomic E-state index is 12.4. The molecule has 0 aliphatic heterocycles. The molecule has 0 aliphatic rings. The van der Waals surface area contributed by atoms with Crippen LogP contribution in [-0.2, 0) is 13.9 Å². The zero-order valence-corrected chi connectivity index (χ0v) is 14.2. The lowest BCUT2D eigenvalue weighted by Crippen LogP contribution is -2.36. The van der Waals surface area contributed by atoms with E-state index in [2.05, 4.69) is 15.9 Å². The summed E-state index contributed by atoms with van der Waals surface area (Å²) in [5, 5.41) is 0.630. The summed E-state index contributed by atoms with van der Waals surface area (Å²) in [5.74, 6) is -0.437. The van der Waals surface area contributed by atoms with Crippen LogP contribution in [0.1, 0.15) is 24.0 Å². The van der Waals surface area contributed by atoms with Crippen LogP contribution in [0.3, 0.4) is 0 Å². The van der Waals surface area contributed by atoms with Gasteiger partial charge in [-0.2, -0.15) is 0 Å². The van der Waals surface area contributed by atoms with Gasteiger partial charge in [-0.25, -0.2) is 0 Å². The second-order valence-electron chi connectivity index (χ2n) is 4.84. The number of methoxy groups -OCH3 is 1. The number of alkyl halides is 1. The van der Waals surface area contributed by atoms with Crippen LogP contribution in [0, 0.1) is 0 Å². The van der Waals surface area contributed by atoms with E-state index in [1.807, 2.05) is 49.4 Å². The zero-order chi connectivity index (χ0) is 15.5. The molecular weight excluding hydrogens is 352 g/mol. The smallest absolute Gasteiger partial charge is 0.327 e. The van der Waals surface area contributed by atoms with Crippen LogP contribution in [0.5, 0.6) is 0 Å². The number of esters is 1. The Bertz CT molecular complexity index is 612. The van der Waals surface area contributed by atoms with Crippen LogP contribution in [0.15, 0.2) is 54.6 Å². The van der Waals surface area contributed by atoms with Crippen molar-refractivity contribution in [2.75, 3.05) is 7.11 Å². The Balaban J connectivity index is 2.52. The van der Waals surface area contributed by atoms with Crippen LogP contribution < -0.4 is 0 Å². The lowest BCUT2D eigenvalue weighted by Gasteiger charge is -2.32. The van der Waals surface area contributed by atoms with E-state index in [0.29, 0.717) is 5.02 Å². The maximum atomic E-state index is 12.4. The molecule has 2 nitrogen and oxygen atoms in total. The summed E-state index contributed by atoms with van der Waals surface area (Å²) in [6.45, 7) is 2.00. The van der Waals surface area contributed by atoms with Gasteiger partial charge in [-0.05, 0) is 23.3 Å². The average Bonchev–Trinajstić information content (AvgIpc) is 2.54. The highest BCUT2D eigenvalue weighted by molar-refractivity contribution is 9.10. The predicted molar refractivity (Wildman–Crippen MR) is 88.9 cm³/mol. The number of halogens is 2. The summed E-state index contributed by atoms with van der Waals surface area (Å²) in [6, 6.07) is 17.1. The number of carbonyl (C=O) groups is 1. The molecule has 0 spiro atoms. The minimum atomic E-state index is -0.951. The summed E-state index contributed by atoms with van der Waals surface area (Å²) >= 11 is 9.57. The number of ether oxygens (including phenoxy) is 1. The molecule has 4 heteroatoms. The molecule has 0 saturated heterocycles. The minimum absolute atomic E-state index is 0.104. The summed E-state index contributed by atoms with van der Waals surface area (Å²) in [6.07, 6.45) is 0. The third-order valence-corrected chi connectivity index (χ3v) is 5.36. The van der Waals surface area contributed by atoms with E-state index in [-0.39, 0.29) is 11.9 Å². The topological polar surface area (TPSA) is 26.3 Å². The third-order valence-electron chi connectivity index (χ3n) is 3.64. The number of benzene rings is 2. The Morgan fingerprint density at radius 1 is 1.14 bits per heavy atom. The summed E-state index contributed by atoms with van der Waals surface area (Å²) in [5.41, 5.74) is 1.87. The van der Waals surface area contributed by atoms with Gasteiger partial charge < -0.3 is 4.74 Å². The molecule has 2 unspecified atom stereocenters. The fourth-order valence-electron chi connectivity index (χ4n) is 2.36. The predicted octanol–water partition coefficient (Wildman–Crippen LogP) is 4.91. The molecule has 0 aromatic heterocycles. The lowest BCUT2D eigenvalue weighted by molar-refractivity contribution is -0.144. The Hall–Kier alpha value is -1.32. The van der Waals surface area contributed by atoms with Crippen molar-refractivity contribution in [3.8, 4) is 0 Å². The highest BCUT2D eigenvalue weighted by Crippen LogP contribution is 2.45. The molecule has 0 fully saturated rings. The fraction of sp³-hybridized carbons (Fsp3) is 0.235. The van der Waals surface area contributed by atoms with Crippen molar-refractivity contribution in [3.05, 3.63) is 70.7 Å². The molecule has 110 valence electrons. The van der Waals surface area contributed by atoms with E-state index in [1.54, 1.807) is 12.1 Å². The molecule has 0 bridgehead atoms. The van der Waals surface area contributed by atoms with Gasteiger partial charge in [-0.3, -0.25) is 4.79 Å². The highest BCUT2D eigenvalue weighted by atomic mass is 79.9. The molecule has 0 saturated carbocycles. The van der Waals surface area contributed by atoms with Gasteiger partial charge in [0.25, 0.3) is 0 Å². The molecule has 0 heterocycles. The average molecular weight is 368 g/mol. The van der Waals surface area contributed by atoms with Gasteiger partial charge in [0.05, 0.1) is 7.11 Å². The monoisotopic (exact) mass is 366 g/mol. The summed E-state index contributed by atoms with van der Waals surface area (Å²) in [4.78, 5) is 12.4. The summed E-state index contributed by atoms with van der Waals surface area (Å²) < 4.78 is 4.07. The molecule has 2 rings (SSSR count). The third kappa shape index (κ3) is 3.14. The first-order valence-corrected chi connectivity index (χ1v) is 7.75. The highest BCUT2D eigenvalue weighted by Gasteiger charge is 2.44. The second-order valence-corrected chi connectivity index (χ2v) is 6.53. The van der Waals surface area contributed by atoms with Crippen LogP contribution >= 0.6 is 27.5 Å². The second kappa shape index (κ2) is 6.63. The van der Waals surface area contributed by atoms with Gasteiger partial charge >= 0.3 is 5.97 Å². The largest absolute Gasteiger partial charge is 0.468 e. The van der Waals surface area contributed by atoms with E-state index in [1.165, 1.54) is 7.11 Å². The van der Waals surface area contributed by atoms with Gasteiger partial charge in [-0.1, -0.05) is 76.9 Å². The van der Waals surface area contributed by atoms with Crippen molar-refractivity contribution in [3.63, 3.8) is 0 Å². The first kappa shape index (κ1) is 16.1. The number of rotatable bonds is 4. The molecule has 21 heavy (non-hydrogen) atoms. The van der Waals surface area contributed by atoms with Crippen molar-refractivity contribution in [1.82, 2.24) is 0 Å². The van der Waals surface area contributed by atoms with Gasteiger partial charge in [0.2, 0.25) is 0 Å². The van der Waals surface area contributed by atoms with Crippen molar-refractivity contribution >= 4 is 33.5 Å². The molecule has 2 aromatic carbocycles. The molecular formula is C17H16BrClO2. The minimum Gasteiger partial charge on any atom is -0.468 e. The Labute approximate surface area is 138 Å². The quantitative estimate of drug-likeness (QED) is 0.567. The maximum Gasteiger partial charge on any atom is 0.327 e. The Kier molecular flexibility index (Phi) is 5.07. The number of hydrogen-bond acceptors (Lipinski definition) is 2. The zero-order valence-electron chi connectivity index (χ0n) is 11.8. The van der Waals surface area contributed by atoms with Crippen molar-refractivity contribution < 1.29 is 9.53 Å². The lowest BCUT2D eigenvalue weighted by atomic mass is 9.82. The van der Waals surface area contributed by atoms with Gasteiger partial charge in [-0.15, -0.1) is 0 Å². The standard InChI is InChI=1S/C17H16BrClO2/c1-12(13-6-4-3-5-7-13)17(18,16(20)21-2)14-8-10-15(19)11-9-14/h3-12H,1-2H3. The van der Waals surface area contributed by atoms with E-state index in [9.17, 15) is 4.79 Å². The van der Waals surface area contributed by atoms with Crippen LogP contribution in [0.2, 0.25) is 5.02 Å². The molecule has 2 aromatic rings. The van der Waals surface area contributed by atoms with E-state index in [4.69, 9.17) is 16.3 Å². The SMILES string of the molecule is COC(=O)C(Br)(c1ccc(Cl)cc1)C(C)c1ccccc1. The van der Waals surface area contributed by atoms with E-state index >= 15 is 0 Å². The Morgan fingerprint density at radius 3 is 2.24 bits per heavy atom. The molecule has 0 amide bonds. The normalized spacial score (nSPS) is 15.0. The molecule has 2 atom stereocenters. The first-order chi connectivity index (χ1) is 10.00. The van der Waals surface area contributed by atoms with Crippen LogP contribution in [0.4, 0.5) is 0 Å². The van der Waals surface area contributed by atoms with Gasteiger partial charge in [0, 0.05) is 10.9 Å². The van der Waals surface area contributed by atoms with Crippen LogP contribution in [0.25, 0.3) is 0 Å². The number of carbonyl (C=O) groups excluding carboxylic acids is 1. The summed E-state index contributed by atoms with van der Waals surface area (Å²) in [7, 11) is 1.39. The van der Waals surface area contributed by atoms with Crippen molar-refractivity contribution in [1.29, 1.82) is 0 Å². The van der Waals surface area contributed by atoms with Crippen molar-refractivity contribution in [2.45, 2.75) is 17.2 Å². The van der Waals surface area contributed by atoms with Crippen molar-refractivity contribution in [2.24, 2.45) is 0 Å². The molecule has 0 radical (unpaired) electrons. The molecule has 0 N–H and O–H groups in total.